The minimum atomic E-state index is -4.65. The van der Waals surface area contributed by atoms with Crippen molar-refractivity contribution >= 4 is 23.5 Å². The Kier molecular flexibility index (Phi) is 9.26. The number of fused-ring (bicyclic) bond motifs is 1. The summed E-state index contributed by atoms with van der Waals surface area (Å²) in [6.45, 7) is 10.1. The summed E-state index contributed by atoms with van der Waals surface area (Å²) in [5.41, 5.74) is 2.35. The van der Waals surface area contributed by atoms with Crippen molar-refractivity contribution in [1.82, 2.24) is 24.9 Å². The summed E-state index contributed by atoms with van der Waals surface area (Å²) in [6.07, 6.45) is -2.99. The number of para-hydroxylation sites is 1. The Balaban J connectivity index is 0.00000481. The topological polar surface area (TPSA) is 100 Å². The van der Waals surface area contributed by atoms with E-state index in [1.165, 1.54) is 11.0 Å². The molecule has 0 radical (unpaired) electrons. The van der Waals surface area contributed by atoms with Crippen LogP contribution in [0.5, 0.6) is 0 Å². The molecular formula is C39H41F3N6O4. The van der Waals surface area contributed by atoms with Crippen molar-refractivity contribution in [3.05, 3.63) is 125 Å². The second kappa shape index (κ2) is 13.7. The molecule has 3 amide bonds. The standard InChI is InChI=1S/C39H39F3N6O4.H2/c1-4-47-35-31(18-43-48(35)30-14-6-5-7-15-30)32(33(37(47)51)44-34(49)28-12-9-13-29(17-28)39(40,41)42)27-11-8-10-26(16-27)20-45(3)36(50)25(2)19-46-21-38(22-46)23-52-24-38;/h5-18,32-33H,2,4,19-24H2,1,3H3,(H,44,49);1H/t32-,33+;/m1./s1. The van der Waals surface area contributed by atoms with E-state index >= 15 is 0 Å². The number of rotatable bonds is 10. The van der Waals surface area contributed by atoms with Gasteiger partial charge in [-0.05, 0) is 48.4 Å². The molecule has 1 N–H and O–H groups in total. The minimum absolute atomic E-state index is 0. The zero-order valence-corrected chi connectivity index (χ0v) is 28.9. The highest BCUT2D eigenvalue weighted by Gasteiger charge is 2.49. The highest BCUT2D eigenvalue weighted by molar-refractivity contribution is 6.05. The van der Waals surface area contributed by atoms with Crippen molar-refractivity contribution in [2.24, 2.45) is 5.41 Å². The number of nitrogens with zero attached hydrogens (tertiary/aromatic N) is 5. The summed E-state index contributed by atoms with van der Waals surface area (Å²) >= 11 is 0. The maximum Gasteiger partial charge on any atom is 0.416 e. The van der Waals surface area contributed by atoms with Crippen molar-refractivity contribution in [1.29, 1.82) is 0 Å². The third-order valence-electron chi connectivity index (χ3n) is 10.0. The van der Waals surface area contributed by atoms with E-state index in [1.807, 2.05) is 54.6 Å². The average Bonchev–Trinajstić information content (AvgIpc) is 3.53. The van der Waals surface area contributed by atoms with Crippen LogP contribution in [0.25, 0.3) is 5.69 Å². The smallest absolute Gasteiger partial charge is 0.380 e. The summed E-state index contributed by atoms with van der Waals surface area (Å²) in [4.78, 5) is 46.7. The third-order valence-corrected chi connectivity index (χ3v) is 10.0. The molecule has 7 rings (SSSR count). The first kappa shape index (κ1) is 35.1. The van der Waals surface area contributed by atoms with Crippen molar-refractivity contribution in [3.8, 4) is 5.69 Å². The number of carbonyl (C=O) groups is 3. The van der Waals surface area contributed by atoms with Gasteiger partial charge in [0.2, 0.25) is 0 Å². The number of ether oxygens (including phenoxy) is 1. The molecule has 0 unspecified atom stereocenters. The highest BCUT2D eigenvalue weighted by atomic mass is 19.4. The number of carbonyl (C=O) groups excluding carboxylic acids is 3. The molecule has 3 aliphatic heterocycles. The van der Waals surface area contributed by atoms with Gasteiger partial charge in [-0.15, -0.1) is 0 Å². The molecule has 0 saturated carbocycles. The van der Waals surface area contributed by atoms with Gasteiger partial charge in [0.15, 0.2) is 0 Å². The maximum absolute atomic E-state index is 14.4. The summed E-state index contributed by atoms with van der Waals surface area (Å²) in [7, 11) is 1.71. The van der Waals surface area contributed by atoms with Gasteiger partial charge in [-0.3, -0.25) is 24.2 Å². The van der Waals surface area contributed by atoms with Crippen LogP contribution in [0, 0.1) is 5.41 Å². The number of nitrogens with one attached hydrogen (secondary N) is 1. The lowest BCUT2D eigenvalue weighted by molar-refractivity contribution is -0.187. The second-order valence-electron chi connectivity index (χ2n) is 13.9. The SMILES string of the molecule is C=C(CN1CC2(COC2)C1)C(=O)N(C)Cc1cccc([C@@H]2c3cnn(-c4ccccc4)c3N(CC)C(=O)[C@H]2NC(=O)c2cccc(C(F)(F)F)c2)c1.[HH]. The van der Waals surface area contributed by atoms with Crippen LogP contribution < -0.4 is 10.2 Å². The predicted molar refractivity (Wildman–Crippen MR) is 190 cm³/mol. The van der Waals surface area contributed by atoms with E-state index in [2.05, 4.69) is 21.9 Å². The molecule has 2 fully saturated rings. The van der Waals surface area contributed by atoms with Gasteiger partial charge < -0.3 is 15.0 Å². The molecule has 2 atom stereocenters. The number of alkyl halides is 3. The number of amides is 3. The van der Waals surface area contributed by atoms with Crippen molar-refractivity contribution in [2.45, 2.75) is 31.6 Å². The van der Waals surface area contributed by atoms with Gasteiger partial charge >= 0.3 is 6.18 Å². The minimum Gasteiger partial charge on any atom is -0.380 e. The second-order valence-corrected chi connectivity index (χ2v) is 13.9. The first-order chi connectivity index (χ1) is 24.9. The molecule has 52 heavy (non-hydrogen) atoms. The quantitative estimate of drug-likeness (QED) is 0.225. The van der Waals surface area contributed by atoms with Crippen LogP contribution in [0.15, 0.2) is 97.2 Å². The normalized spacial score (nSPS) is 19.4. The molecule has 2 saturated heterocycles. The summed E-state index contributed by atoms with van der Waals surface area (Å²) in [6, 6.07) is 19.7. The molecule has 0 aliphatic carbocycles. The van der Waals surface area contributed by atoms with E-state index in [9.17, 15) is 27.6 Å². The molecule has 1 aromatic heterocycles. The predicted octanol–water partition coefficient (Wildman–Crippen LogP) is 5.28. The largest absolute Gasteiger partial charge is 0.416 e. The van der Waals surface area contributed by atoms with Crippen molar-refractivity contribution in [2.75, 3.05) is 51.3 Å². The molecule has 3 aliphatic rings. The Labute approximate surface area is 300 Å². The molecule has 10 nitrogen and oxygen atoms in total. The van der Waals surface area contributed by atoms with Crippen LogP contribution in [0.1, 0.15) is 46.9 Å². The Morgan fingerprint density at radius 2 is 1.79 bits per heavy atom. The van der Waals surface area contributed by atoms with Crippen molar-refractivity contribution < 1.29 is 33.7 Å². The zero-order chi connectivity index (χ0) is 36.8. The van der Waals surface area contributed by atoms with Gasteiger partial charge in [0, 0.05) is 69.2 Å². The fraction of sp³-hybridized carbons (Fsp3) is 0.333. The Morgan fingerprint density at radius 3 is 2.46 bits per heavy atom. The lowest BCUT2D eigenvalue weighted by atomic mass is 9.78. The number of likely N-dealkylation sites (tertiary alicyclic amines) is 1. The van der Waals surface area contributed by atoms with Gasteiger partial charge in [-0.1, -0.05) is 55.1 Å². The Bertz CT molecular complexity index is 2020. The fourth-order valence-corrected chi connectivity index (χ4v) is 7.51. The van der Waals surface area contributed by atoms with E-state index in [-0.39, 0.29) is 31.4 Å². The molecule has 4 heterocycles. The Morgan fingerprint density at radius 1 is 1.06 bits per heavy atom. The van der Waals surface area contributed by atoms with Gasteiger partial charge in [0.25, 0.3) is 17.7 Å². The molecule has 4 aromatic rings. The molecule has 272 valence electrons. The highest BCUT2D eigenvalue weighted by Crippen LogP contribution is 2.42. The van der Waals surface area contributed by atoms with E-state index in [4.69, 9.17) is 4.74 Å². The number of aromatic nitrogens is 2. The van der Waals surface area contributed by atoms with Gasteiger partial charge in [-0.25, -0.2) is 4.68 Å². The lowest BCUT2D eigenvalue weighted by Crippen LogP contribution is -2.66. The molecule has 1 spiro atoms. The maximum atomic E-state index is 14.4. The van der Waals surface area contributed by atoms with E-state index in [0.717, 1.165) is 55.8 Å². The van der Waals surface area contributed by atoms with E-state index in [1.54, 1.807) is 29.7 Å². The number of hydrogen-bond acceptors (Lipinski definition) is 6. The van der Waals surface area contributed by atoms with Crippen molar-refractivity contribution in [3.63, 3.8) is 0 Å². The number of likely N-dealkylation sites (N-methyl/N-ethyl adjacent to an activating group) is 2. The first-order valence-electron chi connectivity index (χ1n) is 17.1. The number of benzene rings is 3. The number of hydrogen-bond donors (Lipinski definition) is 1. The molecule has 3 aromatic carbocycles. The van der Waals surface area contributed by atoms with Crippen LogP contribution in [-0.2, 0) is 27.0 Å². The van der Waals surface area contributed by atoms with Gasteiger partial charge in [0.05, 0.1) is 30.7 Å². The van der Waals surface area contributed by atoms with Gasteiger partial charge in [0.1, 0.15) is 11.9 Å². The average molecular weight is 715 g/mol. The Hall–Kier alpha value is -5.27. The summed E-state index contributed by atoms with van der Waals surface area (Å²) in [5.74, 6) is -1.66. The van der Waals surface area contributed by atoms with Crippen LogP contribution in [0.4, 0.5) is 19.0 Å². The van der Waals surface area contributed by atoms with Crippen LogP contribution in [0.3, 0.4) is 0 Å². The first-order valence-corrected chi connectivity index (χ1v) is 17.1. The zero-order valence-electron chi connectivity index (χ0n) is 28.9. The summed E-state index contributed by atoms with van der Waals surface area (Å²) in [5, 5.41) is 7.45. The van der Waals surface area contributed by atoms with Crippen LogP contribution >= 0.6 is 0 Å². The third kappa shape index (κ3) is 6.61. The van der Waals surface area contributed by atoms with E-state index in [0.29, 0.717) is 29.1 Å². The lowest BCUT2D eigenvalue weighted by Gasteiger charge is -2.55. The van der Waals surface area contributed by atoms with E-state index < -0.39 is 35.5 Å². The number of halogens is 3. The molecule has 0 bridgehead atoms. The molecule has 13 heteroatoms. The monoisotopic (exact) mass is 714 g/mol. The van der Waals surface area contributed by atoms with Crippen LogP contribution in [0.2, 0.25) is 0 Å². The van der Waals surface area contributed by atoms with Crippen LogP contribution in [-0.4, -0.2) is 89.8 Å². The van der Waals surface area contributed by atoms with Gasteiger partial charge in [-0.2, -0.15) is 18.3 Å². The number of anilines is 1. The summed E-state index contributed by atoms with van der Waals surface area (Å²) < 4.78 is 47.7. The fourth-order valence-electron chi connectivity index (χ4n) is 7.51. The molecular weight excluding hydrogens is 673 g/mol.